The third-order valence-electron chi connectivity index (χ3n) is 7.24. The Morgan fingerprint density at radius 2 is 1.94 bits per heavy atom. The molecule has 2 aromatic rings. The standard InChI is InChI=1S/C32H34N2/c1-5-12-23(13-6-2)31-33-29(22-14-8-7-9-15-22)21-30(34-31)24-18-19-26-25-16-10-11-17-27(25)32(3,4)28(26)20-24/h5,8,10-12,14-21,30H,1,6-7,9,13H2,2-4H3,(H,33,34)/b23-12+. The quantitative estimate of drug-likeness (QED) is 0.445. The highest BCUT2D eigenvalue weighted by Gasteiger charge is 2.35. The minimum atomic E-state index is -0.0302. The van der Waals surface area contributed by atoms with Gasteiger partial charge in [0.2, 0.25) is 0 Å². The van der Waals surface area contributed by atoms with Gasteiger partial charge >= 0.3 is 0 Å². The van der Waals surface area contributed by atoms with Crippen molar-refractivity contribution in [3.63, 3.8) is 0 Å². The fourth-order valence-electron chi connectivity index (χ4n) is 5.45. The maximum absolute atomic E-state index is 5.22. The van der Waals surface area contributed by atoms with E-state index in [0.29, 0.717) is 0 Å². The Hall–Kier alpha value is -3.39. The number of rotatable bonds is 6. The molecule has 0 bridgehead atoms. The summed E-state index contributed by atoms with van der Waals surface area (Å²) in [5.41, 5.74) is 10.4. The van der Waals surface area contributed by atoms with Gasteiger partial charge in [0, 0.05) is 11.1 Å². The van der Waals surface area contributed by atoms with Gasteiger partial charge in [-0.1, -0.05) is 107 Å². The number of nitrogens with one attached hydrogen (secondary N) is 1. The molecule has 0 saturated carbocycles. The molecule has 0 spiro atoms. The van der Waals surface area contributed by atoms with Crippen LogP contribution in [-0.4, -0.2) is 5.84 Å². The summed E-state index contributed by atoms with van der Waals surface area (Å²) in [6.07, 6.45) is 17.3. The molecule has 5 rings (SSSR count). The van der Waals surface area contributed by atoms with Crippen molar-refractivity contribution < 1.29 is 0 Å². The van der Waals surface area contributed by atoms with Crippen molar-refractivity contribution in [1.82, 2.24) is 5.32 Å². The van der Waals surface area contributed by atoms with Gasteiger partial charge in [-0.05, 0) is 64.3 Å². The van der Waals surface area contributed by atoms with E-state index in [2.05, 4.69) is 106 Å². The SMILES string of the molecule is C=C/C=C(\CCC)C1=NC(c2ccc3c(c2)C(C)(C)c2ccccc2-3)C=C(C2=CCCC=C2)N1. The van der Waals surface area contributed by atoms with E-state index in [1.54, 1.807) is 0 Å². The summed E-state index contributed by atoms with van der Waals surface area (Å²) in [6, 6.07) is 15.7. The predicted molar refractivity (Wildman–Crippen MR) is 145 cm³/mol. The van der Waals surface area contributed by atoms with E-state index in [1.165, 1.54) is 39.0 Å². The first kappa shape index (κ1) is 22.4. The van der Waals surface area contributed by atoms with E-state index in [1.807, 2.05) is 6.08 Å². The maximum atomic E-state index is 5.22. The molecule has 0 radical (unpaired) electrons. The van der Waals surface area contributed by atoms with Gasteiger partial charge in [0.25, 0.3) is 0 Å². The number of amidine groups is 1. The molecule has 2 aliphatic carbocycles. The lowest BCUT2D eigenvalue weighted by atomic mass is 9.81. The lowest BCUT2D eigenvalue weighted by Crippen LogP contribution is -2.30. The van der Waals surface area contributed by atoms with Crippen LogP contribution in [0.15, 0.2) is 107 Å². The summed E-state index contributed by atoms with van der Waals surface area (Å²) < 4.78 is 0. The lowest BCUT2D eigenvalue weighted by Gasteiger charge is -2.27. The van der Waals surface area contributed by atoms with Gasteiger partial charge in [-0.2, -0.15) is 0 Å². The minimum Gasteiger partial charge on any atom is -0.340 e. The molecule has 1 heterocycles. The van der Waals surface area contributed by atoms with Crippen molar-refractivity contribution in [3.8, 4) is 11.1 Å². The van der Waals surface area contributed by atoms with Gasteiger partial charge in [-0.3, -0.25) is 4.99 Å². The van der Waals surface area contributed by atoms with Gasteiger partial charge in [0.1, 0.15) is 5.84 Å². The van der Waals surface area contributed by atoms with E-state index in [0.717, 1.165) is 37.2 Å². The first-order valence-electron chi connectivity index (χ1n) is 12.5. The van der Waals surface area contributed by atoms with Crippen LogP contribution in [0.4, 0.5) is 0 Å². The van der Waals surface area contributed by atoms with Crippen LogP contribution in [0.5, 0.6) is 0 Å². The van der Waals surface area contributed by atoms with Crippen LogP contribution in [0.1, 0.15) is 69.2 Å². The van der Waals surface area contributed by atoms with Crippen LogP contribution in [-0.2, 0) is 5.41 Å². The van der Waals surface area contributed by atoms with E-state index in [4.69, 9.17) is 4.99 Å². The second-order valence-corrected chi connectivity index (χ2v) is 9.92. The van der Waals surface area contributed by atoms with E-state index in [-0.39, 0.29) is 11.5 Å². The third kappa shape index (κ3) is 3.92. The summed E-state index contributed by atoms with van der Waals surface area (Å²) >= 11 is 0. The number of allylic oxidation sites excluding steroid dienone is 5. The molecule has 2 aromatic carbocycles. The average Bonchev–Trinajstić information content (AvgIpc) is 3.11. The van der Waals surface area contributed by atoms with Gasteiger partial charge in [-0.15, -0.1) is 0 Å². The van der Waals surface area contributed by atoms with Crippen molar-refractivity contribution in [2.24, 2.45) is 4.99 Å². The van der Waals surface area contributed by atoms with Gasteiger partial charge in [0.05, 0.1) is 6.04 Å². The highest BCUT2D eigenvalue weighted by atomic mass is 15.0. The first-order chi connectivity index (χ1) is 16.5. The number of aliphatic imine (C=N–C) groups is 1. The molecule has 3 aliphatic rings. The normalized spacial score (nSPS) is 20.5. The summed E-state index contributed by atoms with van der Waals surface area (Å²) in [5.74, 6) is 0.965. The van der Waals surface area contributed by atoms with Gasteiger partial charge in [-0.25, -0.2) is 0 Å². The number of benzene rings is 2. The molecule has 34 heavy (non-hydrogen) atoms. The summed E-state index contributed by atoms with van der Waals surface area (Å²) in [6.45, 7) is 10.8. The maximum Gasteiger partial charge on any atom is 0.129 e. The molecule has 2 heteroatoms. The topological polar surface area (TPSA) is 24.4 Å². The van der Waals surface area contributed by atoms with Crippen LogP contribution in [0, 0.1) is 0 Å². The second kappa shape index (κ2) is 9.10. The highest BCUT2D eigenvalue weighted by molar-refractivity contribution is 6.01. The lowest BCUT2D eigenvalue weighted by molar-refractivity contribution is 0.658. The average molecular weight is 447 g/mol. The summed E-state index contributed by atoms with van der Waals surface area (Å²) in [4.78, 5) is 5.22. The number of hydrogen-bond acceptors (Lipinski definition) is 2. The molecular weight excluding hydrogens is 412 g/mol. The Kier molecular flexibility index (Phi) is 6.00. The number of hydrogen-bond donors (Lipinski definition) is 1. The van der Waals surface area contributed by atoms with Crippen molar-refractivity contribution in [2.45, 2.75) is 57.9 Å². The fourth-order valence-corrected chi connectivity index (χ4v) is 5.45. The predicted octanol–water partition coefficient (Wildman–Crippen LogP) is 8.11. The zero-order chi connectivity index (χ0) is 23.7. The van der Waals surface area contributed by atoms with E-state index in [9.17, 15) is 0 Å². The molecule has 0 amide bonds. The molecule has 0 aromatic heterocycles. The Morgan fingerprint density at radius 1 is 1.12 bits per heavy atom. The van der Waals surface area contributed by atoms with E-state index >= 15 is 0 Å². The van der Waals surface area contributed by atoms with Crippen LogP contribution in [0.2, 0.25) is 0 Å². The molecular formula is C32H34N2. The van der Waals surface area contributed by atoms with Crippen molar-refractivity contribution in [1.29, 1.82) is 0 Å². The zero-order valence-corrected chi connectivity index (χ0v) is 20.6. The summed E-state index contributed by atoms with van der Waals surface area (Å²) in [7, 11) is 0. The molecule has 1 aliphatic heterocycles. The van der Waals surface area contributed by atoms with Crippen LogP contribution < -0.4 is 5.32 Å². The zero-order valence-electron chi connectivity index (χ0n) is 20.6. The van der Waals surface area contributed by atoms with Gasteiger partial charge < -0.3 is 5.32 Å². The largest absolute Gasteiger partial charge is 0.340 e. The van der Waals surface area contributed by atoms with Crippen LogP contribution in [0.25, 0.3) is 11.1 Å². The monoisotopic (exact) mass is 446 g/mol. The Labute approximate surface area is 204 Å². The Bertz CT molecular complexity index is 1280. The molecule has 1 atom stereocenters. The number of fused-ring (bicyclic) bond motifs is 3. The molecule has 172 valence electrons. The van der Waals surface area contributed by atoms with Crippen LogP contribution >= 0.6 is 0 Å². The molecule has 0 fully saturated rings. The number of nitrogens with zero attached hydrogens (tertiary/aromatic N) is 1. The molecule has 1 unspecified atom stereocenters. The third-order valence-corrected chi connectivity index (χ3v) is 7.24. The minimum absolute atomic E-state index is 0.0152. The second-order valence-electron chi connectivity index (χ2n) is 9.92. The highest BCUT2D eigenvalue weighted by Crippen LogP contribution is 2.49. The van der Waals surface area contributed by atoms with Crippen molar-refractivity contribution in [3.05, 3.63) is 119 Å². The van der Waals surface area contributed by atoms with Crippen molar-refractivity contribution in [2.75, 3.05) is 0 Å². The van der Waals surface area contributed by atoms with Gasteiger partial charge in [0.15, 0.2) is 0 Å². The molecule has 1 N–H and O–H groups in total. The Morgan fingerprint density at radius 3 is 2.71 bits per heavy atom. The van der Waals surface area contributed by atoms with Crippen molar-refractivity contribution >= 4 is 5.84 Å². The fraction of sp³-hybridized carbons (Fsp3) is 0.281. The summed E-state index contributed by atoms with van der Waals surface area (Å²) in [5, 5.41) is 3.65. The molecule has 2 nitrogen and oxygen atoms in total. The smallest absolute Gasteiger partial charge is 0.129 e. The molecule has 0 saturated heterocycles. The van der Waals surface area contributed by atoms with Crippen LogP contribution in [0.3, 0.4) is 0 Å². The van der Waals surface area contributed by atoms with E-state index < -0.39 is 0 Å². The Balaban J connectivity index is 1.60. The first-order valence-corrected chi connectivity index (χ1v) is 12.5.